The van der Waals surface area contributed by atoms with E-state index in [1.807, 2.05) is 0 Å². The van der Waals surface area contributed by atoms with E-state index >= 15 is 4.39 Å². The number of phosphoric ester groups is 1. The molecule has 2 saturated heterocycles. The Balaban J connectivity index is 1.22. The SMILES string of the molecule is C[C@@]1(F)[C@H](N)[C@@H](COP(O)(=S)OP(=O)(O)OC2OC3(O)C2C(O)C(O)C3[C@@H](O)CO)O[C@H]1c1csc2c(N)ncnc12. The van der Waals surface area contributed by atoms with Crippen LogP contribution in [0.3, 0.4) is 0 Å². The number of aliphatic hydroxyl groups excluding tert-OH is 4. The average Bonchev–Trinajstić information content (AvgIpc) is 3.44. The van der Waals surface area contributed by atoms with Crippen molar-refractivity contribution < 1.29 is 67.1 Å². The number of phosphoric acid groups is 1. The highest BCUT2D eigenvalue weighted by Crippen LogP contribution is 2.65. The van der Waals surface area contributed by atoms with Crippen molar-refractivity contribution in [3.63, 3.8) is 0 Å². The number of thiophene rings is 1. The van der Waals surface area contributed by atoms with Gasteiger partial charge < -0.3 is 60.8 Å². The highest BCUT2D eigenvalue weighted by atomic mass is 32.5. The van der Waals surface area contributed by atoms with E-state index in [0.717, 1.165) is 0 Å². The largest absolute Gasteiger partial charge is 0.481 e. The zero-order chi connectivity index (χ0) is 31.0. The number of aliphatic hydroxyl groups is 5. The molecule has 1 saturated carbocycles. The topological polar surface area (TPSA) is 283 Å². The van der Waals surface area contributed by atoms with E-state index in [1.54, 1.807) is 5.38 Å². The van der Waals surface area contributed by atoms with Crippen molar-refractivity contribution >= 4 is 53.7 Å². The number of anilines is 1. The quantitative estimate of drug-likeness (QED) is 0.129. The fourth-order valence-corrected chi connectivity index (χ4v) is 9.57. The van der Waals surface area contributed by atoms with Crippen LogP contribution in [0.4, 0.5) is 10.2 Å². The van der Waals surface area contributed by atoms with Crippen LogP contribution in [0, 0.1) is 11.8 Å². The zero-order valence-corrected chi connectivity index (χ0v) is 24.9. The third-order valence-electron chi connectivity index (χ3n) is 7.65. The minimum absolute atomic E-state index is 0.200. The van der Waals surface area contributed by atoms with Crippen LogP contribution in [-0.4, -0.2) is 107 Å². The first kappa shape index (κ1) is 32.5. The van der Waals surface area contributed by atoms with Crippen molar-refractivity contribution in [1.29, 1.82) is 0 Å². The summed E-state index contributed by atoms with van der Waals surface area (Å²) in [4.78, 5) is 28.7. The molecule has 8 unspecified atom stereocenters. The van der Waals surface area contributed by atoms with Gasteiger partial charge >= 0.3 is 14.5 Å². The van der Waals surface area contributed by atoms with Gasteiger partial charge in [-0.25, -0.2) is 23.2 Å². The summed E-state index contributed by atoms with van der Waals surface area (Å²) in [6, 6.07) is -1.32. The van der Waals surface area contributed by atoms with Gasteiger partial charge in [-0.2, -0.15) is 0 Å². The summed E-state index contributed by atoms with van der Waals surface area (Å²) in [6.07, 6.45) is -8.40. The Labute approximate surface area is 245 Å². The summed E-state index contributed by atoms with van der Waals surface area (Å²) in [5, 5.41) is 51.7. The Kier molecular flexibility index (Phi) is 8.66. The highest BCUT2D eigenvalue weighted by Gasteiger charge is 2.73. The van der Waals surface area contributed by atoms with Crippen LogP contribution in [0.5, 0.6) is 0 Å². The van der Waals surface area contributed by atoms with Crippen molar-refractivity contribution in [3.8, 4) is 0 Å². The van der Waals surface area contributed by atoms with E-state index in [9.17, 15) is 34.8 Å². The van der Waals surface area contributed by atoms with Gasteiger partial charge in [0.05, 0.1) is 59.6 Å². The molecular formula is C20H29FN4O13P2S2. The number of hydrogen-bond donors (Lipinski definition) is 9. The van der Waals surface area contributed by atoms with E-state index in [4.69, 9.17) is 46.9 Å². The number of ether oxygens (including phenoxy) is 2. The van der Waals surface area contributed by atoms with Gasteiger partial charge in [0.1, 0.15) is 24.4 Å². The van der Waals surface area contributed by atoms with Crippen LogP contribution < -0.4 is 11.5 Å². The van der Waals surface area contributed by atoms with Crippen molar-refractivity contribution in [2.24, 2.45) is 17.6 Å². The summed E-state index contributed by atoms with van der Waals surface area (Å²) in [7, 11) is -5.34. The van der Waals surface area contributed by atoms with Crippen molar-refractivity contribution in [1.82, 2.24) is 9.97 Å². The summed E-state index contributed by atoms with van der Waals surface area (Å²) in [5.74, 6) is -5.35. The fourth-order valence-electron chi connectivity index (χ4n) is 5.54. The second-order valence-corrected chi connectivity index (χ2v) is 15.6. The lowest BCUT2D eigenvalue weighted by atomic mass is 9.86. The zero-order valence-electron chi connectivity index (χ0n) is 21.5. The average molecular weight is 679 g/mol. The van der Waals surface area contributed by atoms with Crippen LogP contribution in [-0.2, 0) is 39.2 Å². The van der Waals surface area contributed by atoms with E-state index in [0.29, 0.717) is 15.8 Å². The number of nitrogens with zero attached hydrogens (tertiary/aromatic N) is 2. The van der Waals surface area contributed by atoms with Crippen LogP contribution in [0.25, 0.3) is 10.2 Å². The maximum atomic E-state index is 15.8. The fraction of sp³-hybridized carbons (Fsp3) is 0.700. The number of halogens is 1. The molecule has 236 valence electrons. The first-order valence-corrected chi connectivity index (χ1v) is 17.2. The maximum Gasteiger partial charge on any atom is 0.481 e. The number of rotatable bonds is 10. The summed E-state index contributed by atoms with van der Waals surface area (Å²) < 4.78 is 54.3. The van der Waals surface area contributed by atoms with Crippen LogP contribution in [0.2, 0.25) is 0 Å². The molecule has 2 aliphatic heterocycles. The van der Waals surface area contributed by atoms with Crippen LogP contribution in [0.15, 0.2) is 11.7 Å². The van der Waals surface area contributed by atoms with E-state index < -0.39 is 93.9 Å². The first-order chi connectivity index (χ1) is 19.4. The third kappa shape index (κ3) is 5.45. The van der Waals surface area contributed by atoms with Gasteiger partial charge in [-0.3, -0.25) is 4.52 Å². The molecule has 42 heavy (non-hydrogen) atoms. The first-order valence-electron chi connectivity index (χ1n) is 12.3. The number of nitrogens with two attached hydrogens (primary N) is 2. The van der Waals surface area contributed by atoms with Gasteiger partial charge in [-0.05, 0) is 24.1 Å². The lowest BCUT2D eigenvalue weighted by Gasteiger charge is -2.49. The highest BCUT2D eigenvalue weighted by molar-refractivity contribution is 8.08. The number of fused-ring (bicyclic) bond motifs is 2. The Bertz CT molecular complexity index is 1440. The van der Waals surface area contributed by atoms with Crippen LogP contribution in [0.1, 0.15) is 18.6 Å². The maximum absolute atomic E-state index is 15.8. The Morgan fingerprint density at radius 1 is 1.31 bits per heavy atom. The molecule has 0 radical (unpaired) electrons. The Hall–Kier alpha value is -0.870. The van der Waals surface area contributed by atoms with Gasteiger partial charge in [-0.1, -0.05) is 0 Å². The third-order valence-corrected chi connectivity index (χ3v) is 12.2. The van der Waals surface area contributed by atoms with Crippen molar-refractivity contribution in [2.75, 3.05) is 18.9 Å². The van der Waals surface area contributed by atoms with E-state index in [2.05, 4.69) is 14.3 Å². The second kappa shape index (κ2) is 11.2. The molecule has 2 aromatic heterocycles. The number of hydrogen-bond acceptors (Lipinski definition) is 17. The van der Waals surface area contributed by atoms with Crippen LogP contribution >= 0.6 is 25.9 Å². The molecule has 0 bridgehead atoms. The van der Waals surface area contributed by atoms with Gasteiger partial charge in [0, 0.05) is 5.56 Å². The molecule has 17 nitrogen and oxygen atoms in total. The predicted octanol–water partition coefficient (Wildman–Crippen LogP) is -1.50. The monoisotopic (exact) mass is 678 g/mol. The predicted molar refractivity (Wildman–Crippen MR) is 143 cm³/mol. The molecule has 3 aliphatic rings. The van der Waals surface area contributed by atoms with E-state index in [1.165, 1.54) is 24.6 Å². The minimum atomic E-state index is -5.34. The molecule has 2 aromatic rings. The minimum Gasteiger partial charge on any atom is -0.394 e. The number of alkyl halides is 1. The molecule has 1 aliphatic carbocycles. The standard InChI is InChI=1S/C20H29FN4O13P2S2/c1-19(21)15(22)8(35-16(19)6-4-42-14-11(6)24-5-25-17(14)23)3-34-40(33,41)38-39(31,32)37-18-10-13(29)12(28)9(7(27)2-26)20(10,30)36-18/h4-5,7-10,12-13,15-16,18,26-30H,2-3,22H2,1H3,(H,31,32)(H,33,41)(H2,23,24,25)/t7-,8+,9?,10?,12?,13?,15+,16-,18?,19+,20?,40?/m0/s1. The summed E-state index contributed by atoms with van der Waals surface area (Å²) in [5.41, 5.74) is 10.5. The van der Waals surface area contributed by atoms with Gasteiger partial charge in [0.25, 0.3) is 0 Å². The molecular weight excluding hydrogens is 649 g/mol. The smallest absolute Gasteiger partial charge is 0.394 e. The van der Waals surface area contributed by atoms with Crippen molar-refractivity contribution in [2.45, 2.75) is 61.2 Å². The molecule has 3 fully saturated rings. The molecule has 0 spiro atoms. The number of nitrogen functional groups attached to an aromatic ring is 1. The lowest BCUT2D eigenvalue weighted by molar-refractivity contribution is -0.427. The summed E-state index contributed by atoms with van der Waals surface area (Å²) in [6.45, 7) is -4.97. The molecule has 22 heteroatoms. The normalized spacial score (nSPS) is 41.7. The Morgan fingerprint density at radius 3 is 2.67 bits per heavy atom. The van der Waals surface area contributed by atoms with Crippen molar-refractivity contribution in [3.05, 3.63) is 17.3 Å². The van der Waals surface area contributed by atoms with Gasteiger partial charge in [0.15, 0.2) is 17.7 Å². The molecule has 11 N–H and O–H groups in total. The number of aromatic nitrogens is 2. The molecule has 13 atom stereocenters. The molecule has 4 heterocycles. The second-order valence-electron chi connectivity index (χ2n) is 10.3. The molecule has 0 amide bonds. The summed E-state index contributed by atoms with van der Waals surface area (Å²) >= 11 is 5.97. The Morgan fingerprint density at radius 2 is 2.00 bits per heavy atom. The lowest BCUT2D eigenvalue weighted by Crippen LogP contribution is -2.64. The molecule has 5 rings (SSSR count). The molecule has 0 aromatic carbocycles. The van der Waals surface area contributed by atoms with E-state index in [-0.39, 0.29) is 5.82 Å². The van der Waals surface area contributed by atoms with Gasteiger partial charge in [-0.15, -0.1) is 11.3 Å². The van der Waals surface area contributed by atoms with Gasteiger partial charge in [0.2, 0.25) is 0 Å².